The van der Waals surface area contributed by atoms with Gasteiger partial charge in [0.15, 0.2) is 0 Å². The standard InChI is InChI=1S/C18H22N2O/c1-2-13-21-14-6-5-9-15-8-3-4-10-16(15)17-11-7-12-18(19)20-17/h2-4,7-8,10-12H,1,5-6,9,13-14H2,(H2,19,20). The predicted molar refractivity (Wildman–Crippen MR) is 88.0 cm³/mol. The van der Waals surface area contributed by atoms with E-state index in [2.05, 4.69) is 29.8 Å². The van der Waals surface area contributed by atoms with Gasteiger partial charge in [0, 0.05) is 12.2 Å². The molecule has 0 saturated heterocycles. The minimum Gasteiger partial charge on any atom is -0.384 e. The van der Waals surface area contributed by atoms with Gasteiger partial charge in [0.1, 0.15) is 5.82 Å². The Hall–Kier alpha value is -2.13. The van der Waals surface area contributed by atoms with Gasteiger partial charge < -0.3 is 10.5 Å². The highest BCUT2D eigenvalue weighted by Crippen LogP contribution is 2.23. The molecule has 1 aromatic heterocycles. The van der Waals surface area contributed by atoms with E-state index in [4.69, 9.17) is 10.5 Å². The van der Waals surface area contributed by atoms with Crippen LogP contribution in [0.4, 0.5) is 5.82 Å². The molecular weight excluding hydrogens is 260 g/mol. The van der Waals surface area contributed by atoms with Crippen molar-refractivity contribution in [3.05, 3.63) is 60.7 Å². The molecule has 2 rings (SSSR count). The molecule has 0 aliphatic rings. The van der Waals surface area contributed by atoms with Gasteiger partial charge in [0.2, 0.25) is 0 Å². The highest BCUT2D eigenvalue weighted by atomic mass is 16.5. The van der Waals surface area contributed by atoms with Crippen molar-refractivity contribution in [1.29, 1.82) is 0 Å². The zero-order chi connectivity index (χ0) is 14.9. The van der Waals surface area contributed by atoms with Crippen LogP contribution in [0.15, 0.2) is 55.1 Å². The molecule has 3 nitrogen and oxygen atoms in total. The van der Waals surface area contributed by atoms with Crippen LogP contribution >= 0.6 is 0 Å². The van der Waals surface area contributed by atoms with Crippen LogP contribution < -0.4 is 5.73 Å². The molecule has 0 unspecified atom stereocenters. The first-order chi connectivity index (χ1) is 10.3. The van der Waals surface area contributed by atoms with E-state index in [0.717, 1.165) is 37.1 Å². The van der Waals surface area contributed by atoms with Gasteiger partial charge >= 0.3 is 0 Å². The van der Waals surface area contributed by atoms with E-state index in [9.17, 15) is 0 Å². The van der Waals surface area contributed by atoms with E-state index < -0.39 is 0 Å². The fraction of sp³-hybridized carbons (Fsp3) is 0.278. The molecule has 1 heterocycles. The fourth-order valence-electron chi connectivity index (χ4n) is 2.28. The Morgan fingerprint density at radius 3 is 2.76 bits per heavy atom. The number of nitrogens with zero attached hydrogens (tertiary/aromatic N) is 1. The lowest BCUT2D eigenvalue weighted by Crippen LogP contribution is -1.98. The van der Waals surface area contributed by atoms with E-state index >= 15 is 0 Å². The van der Waals surface area contributed by atoms with Crippen LogP contribution in [-0.2, 0) is 11.2 Å². The molecule has 21 heavy (non-hydrogen) atoms. The number of nitrogen functional groups attached to an aromatic ring is 1. The van der Waals surface area contributed by atoms with E-state index in [1.807, 2.05) is 24.3 Å². The summed E-state index contributed by atoms with van der Waals surface area (Å²) in [6, 6.07) is 14.1. The van der Waals surface area contributed by atoms with E-state index in [1.54, 1.807) is 6.08 Å². The number of anilines is 1. The number of aromatic nitrogens is 1. The van der Waals surface area contributed by atoms with Crippen molar-refractivity contribution < 1.29 is 4.74 Å². The summed E-state index contributed by atoms with van der Waals surface area (Å²) in [7, 11) is 0. The maximum absolute atomic E-state index is 5.78. The fourth-order valence-corrected chi connectivity index (χ4v) is 2.28. The molecule has 2 N–H and O–H groups in total. The monoisotopic (exact) mass is 282 g/mol. The summed E-state index contributed by atoms with van der Waals surface area (Å²) in [5.74, 6) is 0.556. The Bertz CT molecular complexity index is 581. The quantitative estimate of drug-likeness (QED) is 0.591. The van der Waals surface area contributed by atoms with Crippen LogP contribution in [0.25, 0.3) is 11.3 Å². The van der Waals surface area contributed by atoms with Crippen molar-refractivity contribution in [1.82, 2.24) is 4.98 Å². The molecule has 0 aliphatic carbocycles. The number of hydrogen-bond acceptors (Lipinski definition) is 3. The third-order valence-electron chi connectivity index (χ3n) is 3.28. The summed E-state index contributed by atoms with van der Waals surface area (Å²) < 4.78 is 5.40. The van der Waals surface area contributed by atoms with Crippen molar-refractivity contribution in [2.45, 2.75) is 19.3 Å². The molecule has 1 aromatic carbocycles. The summed E-state index contributed by atoms with van der Waals surface area (Å²) >= 11 is 0. The average molecular weight is 282 g/mol. The number of pyridine rings is 1. The smallest absolute Gasteiger partial charge is 0.124 e. The highest BCUT2D eigenvalue weighted by molar-refractivity contribution is 5.64. The summed E-state index contributed by atoms with van der Waals surface area (Å²) in [5, 5.41) is 0. The molecule has 0 fully saturated rings. The minimum absolute atomic E-state index is 0.556. The maximum atomic E-state index is 5.78. The molecule has 3 heteroatoms. The average Bonchev–Trinajstić information content (AvgIpc) is 2.51. The molecule has 0 aliphatic heterocycles. The summed E-state index contributed by atoms with van der Waals surface area (Å²) in [4.78, 5) is 4.41. The van der Waals surface area contributed by atoms with E-state index in [1.165, 1.54) is 5.56 Å². The molecule has 0 atom stereocenters. The van der Waals surface area contributed by atoms with Crippen LogP contribution in [0.5, 0.6) is 0 Å². The number of benzene rings is 1. The van der Waals surface area contributed by atoms with Crippen LogP contribution in [0.3, 0.4) is 0 Å². The zero-order valence-electron chi connectivity index (χ0n) is 12.3. The molecule has 0 amide bonds. The van der Waals surface area contributed by atoms with Gasteiger partial charge in [0.25, 0.3) is 0 Å². The number of hydrogen-bond donors (Lipinski definition) is 1. The Morgan fingerprint density at radius 2 is 1.95 bits per heavy atom. The first kappa shape index (κ1) is 15.3. The summed E-state index contributed by atoms with van der Waals surface area (Å²) in [5.41, 5.74) is 9.19. The van der Waals surface area contributed by atoms with Crippen LogP contribution in [0.1, 0.15) is 18.4 Å². The van der Waals surface area contributed by atoms with Gasteiger partial charge in [-0.05, 0) is 37.0 Å². The van der Waals surface area contributed by atoms with Crippen LogP contribution in [0.2, 0.25) is 0 Å². The van der Waals surface area contributed by atoms with Crippen LogP contribution in [0, 0.1) is 0 Å². The summed E-state index contributed by atoms with van der Waals surface area (Å²) in [6.07, 6.45) is 4.94. The van der Waals surface area contributed by atoms with E-state index in [0.29, 0.717) is 12.4 Å². The lowest BCUT2D eigenvalue weighted by atomic mass is 9.99. The lowest BCUT2D eigenvalue weighted by molar-refractivity contribution is 0.158. The number of unbranched alkanes of at least 4 members (excludes halogenated alkanes) is 1. The van der Waals surface area contributed by atoms with Gasteiger partial charge in [-0.15, -0.1) is 6.58 Å². The highest BCUT2D eigenvalue weighted by Gasteiger charge is 2.06. The largest absolute Gasteiger partial charge is 0.384 e. The Balaban J connectivity index is 1.99. The maximum Gasteiger partial charge on any atom is 0.124 e. The molecule has 110 valence electrons. The second kappa shape index (κ2) is 8.22. The van der Waals surface area contributed by atoms with Gasteiger partial charge in [-0.25, -0.2) is 4.98 Å². The first-order valence-electron chi connectivity index (χ1n) is 7.30. The van der Waals surface area contributed by atoms with Crippen molar-refractivity contribution in [3.63, 3.8) is 0 Å². The second-order valence-corrected chi connectivity index (χ2v) is 4.93. The number of aryl methyl sites for hydroxylation is 1. The lowest BCUT2D eigenvalue weighted by Gasteiger charge is -2.09. The third-order valence-corrected chi connectivity index (χ3v) is 3.28. The molecule has 0 spiro atoms. The van der Waals surface area contributed by atoms with E-state index in [-0.39, 0.29) is 0 Å². The topological polar surface area (TPSA) is 48.1 Å². The summed E-state index contributed by atoms with van der Waals surface area (Å²) in [6.45, 7) is 5.05. The first-order valence-corrected chi connectivity index (χ1v) is 7.30. The predicted octanol–water partition coefficient (Wildman–Crippen LogP) is 3.86. The zero-order valence-corrected chi connectivity index (χ0v) is 12.3. The number of nitrogens with two attached hydrogens (primary N) is 1. The van der Waals surface area contributed by atoms with Gasteiger partial charge in [-0.1, -0.05) is 36.4 Å². The molecule has 2 aromatic rings. The van der Waals surface area contributed by atoms with Gasteiger partial charge in [0.05, 0.1) is 12.3 Å². The van der Waals surface area contributed by atoms with Gasteiger partial charge in [-0.3, -0.25) is 0 Å². The Kier molecular flexibility index (Phi) is 5.98. The van der Waals surface area contributed by atoms with Crippen molar-refractivity contribution >= 4 is 5.82 Å². The number of rotatable bonds is 8. The van der Waals surface area contributed by atoms with Crippen LogP contribution in [-0.4, -0.2) is 18.2 Å². The molecule has 0 bridgehead atoms. The second-order valence-electron chi connectivity index (χ2n) is 4.93. The number of ether oxygens (including phenoxy) is 1. The molecule has 0 radical (unpaired) electrons. The molecular formula is C18H22N2O. The third kappa shape index (κ3) is 4.72. The van der Waals surface area contributed by atoms with Crippen molar-refractivity contribution in [2.75, 3.05) is 18.9 Å². The Morgan fingerprint density at radius 1 is 1.10 bits per heavy atom. The Labute approximate surface area is 126 Å². The normalized spacial score (nSPS) is 10.5. The minimum atomic E-state index is 0.556. The van der Waals surface area contributed by atoms with Crippen molar-refractivity contribution in [3.8, 4) is 11.3 Å². The van der Waals surface area contributed by atoms with Crippen molar-refractivity contribution in [2.24, 2.45) is 0 Å². The SMILES string of the molecule is C=CCOCCCCc1ccccc1-c1cccc(N)n1. The molecule has 0 saturated carbocycles. The van der Waals surface area contributed by atoms with Gasteiger partial charge in [-0.2, -0.15) is 0 Å².